The van der Waals surface area contributed by atoms with Crippen molar-refractivity contribution in [3.8, 4) is 22.9 Å². The molecule has 12 nitrogen and oxygen atoms in total. The van der Waals surface area contributed by atoms with E-state index in [4.69, 9.17) is 26.1 Å². The number of aryl methyl sites for hydroxylation is 1. The Morgan fingerprint density at radius 2 is 2.08 bits per heavy atom. The van der Waals surface area contributed by atoms with Crippen molar-refractivity contribution in [1.82, 2.24) is 29.6 Å². The molecule has 260 valence electrons. The summed E-state index contributed by atoms with van der Waals surface area (Å²) >= 11 is 6.99. The number of aromatic nitrogens is 5. The Bertz CT molecular complexity index is 2190. The van der Waals surface area contributed by atoms with Crippen LogP contribution in [0.3, 0.4) is 0 Å². The zero-order valence-corrected chi connectivity index (χ0v) is 27.8. The molecular formula is C34H32ClF3N8O4. The first kappa shape index (κ1) is 32.3. The molecule has 2 fully saturated rings. The summed E-state index contributed by atoms with van der Waals surface area (Å²) in [6.45, 7) is 3.22. The largest absolute Gasteiger partial charge is 0.489 e. The highest BCUT2D eigenvalue weighted by atomic mass is 35.5. The fraction of sp³-hybridized carbons (Fsp3) is 0.382. The SMILES string of the molecule is C[C@H](c1cccnc1NC(=O)O)N1CCOc2c(Cl)c(-c3c(F)ccc4cnn(C)c34)c(F)c3nc(OC[C@@]45CCCN4C[C@H](F)C5)nc1c23. The van der Waals surface area contributed by atoms with Crippen molar-refractivity contribution < 1.29 is 32.5 Å². The normalized spacial score (nSPS) is 20.9. The molecule has 0 unspecified atom stereocenters. The van der Waals surface area contributed by atoms with Crippen LogP contribution in [0.25, 0.3) is 32.9 Å². The van der Waals surface area contributed by atoms with Gasteiger partial charge in [0, 0.05) is 48.3 Å². The van der Waals surface area contributed by atoms with Gasteiger partial charge in [-0.1, -0.05) is 17.7 Å². The van der Waals surface area contributed by atoms with Gasteiger partial charge in [0.2, 0.25) is 0 Å². The molecule has 0 bridgehead atoms. The first-order valence-corrected chi connectivity index (χ1v) is 16.6. The maximum absolute atomic E-state index is 17.2. The molecule has 0 radical (unpaired) electrons. The molecule has 0 aliphatic carbocycles. The number of halogens is 4. The van der Waals surface area contributed by atoms with Gasteiger partial charge < -0.3 is 19.5 Å². The third-order valence-electron chi connectivity index (χ3n) is 10.1. The second kappa shape index (κ2) is 12.2. The molecule has 3 aliphatic rings. The van der Waals surface area contributed by atoms with E-state index >= 15 is 8.78 Å². The standard InChI is InChI=1S/C34H32ClF3N8O4/c1-17(20-5-3-9-39-30(20)42-33(47)48)46-11-12-49-29-24-27(26(38)23(25(29)35)22-21(37)7-6-18-14-40-44(2)28(18)22)41-32(43-31(24)46)50-16-34-8-4-10-45(34)15-19(36)13-34/h3,5-7,9,14,17,19H,4,8,10-13,15-16H2,1-2H3,(H,39,42)(H,47,48)/t17-,19-,34+/m1/s1. The van der Waals surface area contributed by atoms with Crippen LogP contribution in [0.1, 0.15) is 37.8 Å². The number of nitrogens with one attached hydrogen (secondary N) is 1. The summed E-state index contributed by atoms with van der Waals surface area (Å²) in [6, 6.07) is 5.43. The number of hydrogen-bond acceptors (Lipinski definition) is 9. The Morgan fingerprint density at radius 1 is 1.24 bits per heavy atom. The van der Waals surface area contributed by atoms with Gasteiger partial charge in [-0.3, -0.25) is 14.9 Å². The number of benzene rings is 2. The van der Waals surface area contributed by atoms with Gasteiger partial charge in [0.05, 0.1) is 40.2 Å². The van der Waals surface area contributed by atoms with Gasteiger partial charge in [-0.15, -0.1) is 0 Å². The van der Waals surface area contributed by atoms with Crippen LogP contribution in [0.5, 0.6) is 11.8 Å². The molecule has 5 aromatic rings. The van der Waals surface area contributed by atoms with E-state index in [1.165, 1.54) is 16.9 Å². The Labute approximate surface area is 288 Å². The topological polar surface area (TPSA) is 131 Å². The van der Waals surface area contributed by atoms with Crippen LogP contribution >= 0.6 is 11.6 Å². The molecule has 6 heterocycles. The van der Waals surface area contributed by atoms with Crippen molar-refractivity contribution in [2.75, 3.05) is 43.1 Å². The van der Waals surface area contributed by atoms with Crippen molar-refractivity contribution >= 4 is 51.1 Å². The molecule has 8 rings (SSSR count). The number of anilines is 2. The van der Waals surface area contributed by atoms with Crippen molar-refractivity contribution in [1.29, 1.82) is 0 Å². The van der Waals surface area contributed by atoms with Crippen molar-refractivity contribution in [3.63, 3.8) is 0 Å². The van der Waals surface area contributed by atoms with Crippen molar-refractivity contribution in [2.45, 2.75) is 43.9 Å². The Kier molecular flexibility index (Phi) is 7.86. The Morgan fingerprint density at radius 3 is 2.90 bits per heavy atom. The predicted molar refractivity (Wildman–Crippen MR) is 180 cm³/mol. The number of carbonyl (C=O) groups is 1. The number of ether oxygens (including phenoxy) is 2. The van der Waals surface area contributed by atoms with Crippen LogP contribution in [0.15, 0.2) is 36.7 Å². The second-order valence-electron chi connectivity index (χ2n) is 13.0. The molecule has 0 spiro atoms. The molecule has 16 heteroatoms. The van der Waals surface area contributed by atoms with E-state index in [-0.39, 0.29) is 70.2 Å². The maximum Gasteiger partial charge on any atom is 0.410 e. The van der Waals surface area contributed by atoms with Gasteiger partial charge in [-0.05, 0) is 44.5 Å². The van der Waals surface area contributed by atoms with Gasteiger partial charge in [0.15, 0.2) is 11.6 Å². The smallest absolute Gasteiger partial charge is 0.410 e. The average Bonchev–Trinajstić information content (AvgIpc) is 3.70. The molecule has 50 heavy (non-hydrogen) atoms. The van der Waals surface area contributed by atoms with Gasteiger partial charge in [-0.2, -0.15) is 15.1 Å². The molecule has 3 atom stereocenters. The Hall–Kier alpha value is -4.89. The van der Waals surface area contributed by atoms with Gasteiger partial charge in [0.1, 0.15) is 42.4 Å². The summed E-state index contributed by atoms with van der Waals surface area (Å²) in [4.78, 5) is 29.1. The summed E-state index contributed by atoms with van der Waals surface area (Å²) < 4.78 is 61.5. The van der Waals surface area contributed by atoms with E-state index in [2.05, 4.69) is 25.3 Å². The number of carboxylic acid groups (broad SMARTS) is 1. The number of nitrogens with zero attached hydrogens (tertiary/aromatic N) is 7. The van der Waals surface area contributed by atoms with E-state index in [1.807, 2.05) is 11.8 Å². The van der Waals surface area contributed by atoms with Crippen LogP contribution in [0.4, 0.5) is 29.6 Å². The Balaban J connectivity index is 1.34. The number of pyridine rings is 1. The fourth-order valence-electron chi connectivity index (χ4n) is 7.85. The number of rotatable bonds is 7. The number of amides is 1. The fourth-order valence-corrected chi connectivity index (χ4v) is 8.17. The molecule has 1 amide bonds. The van der Waals surface area contributed by atoms with Crippen LogP contribution in [-0.2, 0) is 7.05 Å². The van der Waals surface area contributed by atoms with E-state index < -0.39 is 35.5 Å². The minimum Gasteiger partial charge on any atom is -0.489 e. The van der Waals surface area contributed by atoms with Crippen molar-refractivity contribution in [2.24, 2.45) is 7.05 Å². The maximum atomic E-state index is 17.2. The lowest BCUT2D eigenvalue weighted by Gasteiger charge is -2.32. The minimum absolute atomic E-state index is 0.0487. The molecule has 3 aliphatic heterocycles. The van der Waals surface area contributed by atoms with Gasteiger partial charge >= 0.3 is 12.1 Å². The third kappa shape index (κ3) is 5.13. The molecule has 3 aromatic heterocycles. The summed E-state index contributed by atoms with van der Waals surface area (Å²) in [5.41, 5.74) is -0.283. The van der Waals surface area contributed by atoms with E-state index in [9.17, 15) is 14.3 Å². The van der Waals surface area contributed by atoms with E-state index in [0.29, 0.717) is 29.4 Å². The number of hydrogen-bond donors (Lipinski definition) is 2. The first-order chi connectivity index (χ1) is 24.1. The molecule has 2 N–H and O–H groups in total. The van der Waals surface area contributed by atoms with Gasteiger partial charge in [0.25, 0.3) is 0 Å². The summed E-state index contributed by atoms with van der Waals surface area (Å²) in [5, 5.41) is 16.6. The molecule has 2 saturated heterocycles. The zero-order valence-electron chi connectivity index (χ0n) is 27.1. The number of alkyl halides is 1. The van der Waals surface area contributed by atoms with E-state index in [1.54, 1.807) is 31.4 Å². The lowest BCUT2D eigenvalue weighted by Crippen LogP contribution is -2.43. The number of fused-ring (bicyclic) bond motifs is 2. The first-order valence-electron chi connectivity index (χ1n) is 16.3. The second-order valence-corrected chi connectivity index (χ2v) is 13.3. The summed E-state index contributed by atoms with van der Waals surface area (Å²) in [6.07, 6.45) is 2.66. The predicted octanol–water partition coefficient (Wildman–Crippen LogP) is 6.52. The third-order valence-corrected chi connectivity index (χ3v) is 10.5. The molecule has 2 aromatic carbocycles. The van der Waals surface area contributed by atoms with Crippen LogP contribution < -0.4 is 19.7 Å². The van der Waals surface area contributed by atoms with Crippen molar-refractivity contribution in [3.05, 3.63) is 58.9 Å². The van der Waals surface area contributed by atoms with E-state index in [0.717, 1.165) is 19.4 Å². The lowest BCUT2D eigenvalue weighted by molar-refractivity contribution is 0.107. The minimum atomic E-state index is -1.29. The van der Waals surface area contributed by atoms with Crippen LogP contribution in [0, 0.1) is 11.6 Å². The zero-order chi connectivity index (χ0) is 34.9. The quantitative estimate of drug-likeness (QED) is 0.193. The van der Waals surface area contributed by atoms with Gasteiger partial charge in [-0.25, -0.2) is 22.9 Å². The summed E-state index contributed by atoms with van der Waals surface area (Å²) in [7, 11) is 1.62. The van der Waals surface area contributed by atoms with Crippen LogP contribution in [0.2, 0.25) is 5.02 Å². The highest BCUT2D eigenvalue weighted by Crippen LogP contribution is 2.50. The monoisotopic (exact) mass is 708 g/mol. The average molecular weight is 709 g/mol. The van der Waals surface area contributed by atoms with Crippen LogP contribution in [-0.4, -0.2) is 85.4 Å². The molecular weight excluding hydrogens is 677 g/mol. The lowest BCUT2D eigenvalue weighted by atomic mass is 9.95. The molecule has 0 saturated carbocycles. The highest BCUT2D eigenvalue weighted by molar-refractivity contribution is 6.37. The highest BCUT2D eigenvalue weighted by Gasteiger charge is 2.49. The summed E-state index contributed by atoms with van der Waals surface area (Å²) in [5.74, 6) is -1.27.